The lowest BCUT2D eigenvalue weighted by Crippen LogP contribution is -2.39. The molecule has 1 fully saturated rings. The molecule has 0 saturated carbocycles. The number of nitrogens with zero attached hydrogens (tertiary/aromatic N) is 1. The lowest BCUT2D eigenvalue weighted by Gasteiger charge is -2.28. The van der Waals surface area contributed by atoms with Crippen molar-refractivity contribution in [2.45, 2.75) is 40.0 Å². The number of carboxylic acid groups (broad SMARTS) is 1. The van der Waals surface area contributed by atoms with Gasteiger partial charge in [0.1, 0.15) is 0 Å². The zero-order chi connectivity index (χ0) is 11.5. The molecule has 0 aromatic rings. The smallest absolute Gasteiger partial charge is 0.311 e. The van der Waals surface area contributed by atoms with Gasteiger partial charge in [0.05, 0.1) is 5.41 Å². The van der Waals surface area contributed by atoms with E-state index < -0.39 is 11.4 Å². The Labute approximate surface area is 92.5 Å². The Bertz CT molecular complexity index is 228. The molecule has 3 heteroatoms. The first-order valence-corrected chi connectivity index (χ1v) is 5.98. The van der Waals surface area contributed by atoms with Crippen LogP contribution in [0.2, 0.25) is 0 Å². The van der Waals surface area contributed by atoms with Gasteiger partial charge in [-0.3, -0.25) is 4.79 Å². The van der Waals surface area contributed by atoms with E-state index in [0.717, 1.165) is 26.1 Å². The topological polar surface area (TPSA) is 40.5 Å². The van der Waals surface area contributed by atoms with Crippen LogP contribution in [-0.4, -0.2) is 35.6 Å². The Hall–Kier alpha value is -0.570. The van der Waals surface area contributed by atoms with E-state index in [1.54, 1.807) is 0 Å². The summed E-state index contributed by atoms with van der Waals surface area (Å²) in [6, 6.07) is 0. The van der Waals surface area contributed by atoms with Crippen LogP contribution in [0.1, 0.15) is 40.0 Å². The van der Waals surface area contributed by atoms with Crippen molar-refractivity contribution in [1.82, 2.24) is 4.90 Å². The van der Waals surface area contributed by atoms with Gasteiger partial charge in [-0.25, -0.2) is 0 Å². The monoisotopic (exact) mass is 213 g/mol. The van der Waals surface area contributed by atoms with Crippen LogP contribution in [0.15, 0.2) is 0 Å². The van der Waals surface area contributed by atoms with Crippen molar-refractivity contribution in [3.63, 3.8) is 0 Å². The van der Waals surface area contributed by atoms with Crippen LogP contribution in [0.4, 0.5) is 0 Å². The highest BCUT2D eigenvalue weighted by molar-refractivity contribution is 5.75. The molecule has 1 heterocycles. The van der Waals surface area contributed by atoms with Gasteiger partial charge in [0, 0.05) is 6.54 Å². The van der Waals surface area contributed by atoms with Gasteiger partial charge < -0.3 is 10.0 Å². The Kier molecular flexibility index (Phi) is 4.14. The first-order valence-electron chi connectivity index (χ1n) is 5.98. The van der Waals surface area contributed by atoms with E-state index in [9.17, 15) is 9.90 Å². The molecule has 0 radical (unpaired) electrons. The summed E-state index contributed by atoms with van der Waals surface area (Å²) in [5.74, 6) is -0.391. The SMILES string of the molecule is CCCCN1CCC(C(=O)O)(C(C)C)C1. The number of carbonyl (C=O) groups is 1. The second-order valence-electron chi connectivity index (χ2n) is 5.00. The minimum absolute atomic E-state index is 0.224. The third kappa shape index (κ3) is 2.51. The maximum Gasteiger partial charge on any atom is 0.311 e. The minimum atomic E-state index is -0.614. The molecule has 0 aliphatic carbocycles. The predicted molar refractivity (Wildman–Crippen MR) is 60.9 cm³/mol. The van der Waals surface area contributed by atoms with Crippen LogP contribution in [0, 0.1) is 11.3 Å². The number of unbranched alkanes of at least 4 members (excludes halogenated alkanes) is 1. The van der Waals surface area contributed by atoms with Gasteiger partial charge >= 0.3 is 5.97 Å². The van der Waals surface area contributed by atoms with Gasteiger partial charge in [0.25, 0.3) is 0 Å². The van der Waals surface area contributed by atoms with Gasteiger partial charge in [0.2, 0.25) is 0 Å². The standard InChI is InChI=1S/C12H23NO2/c1-4-5-7-13-8-6-12(9-13,10(2)3)11(14)15/h10H,4-9H2,1-3H3,(H,14,15). The Balaban J connectivity index is 2.60. The molecular weight excluding hydrogens is 190 g/mol. The van der Waals surface area contributed by atoms with Crippen LogP contribution in [-0.2, 0) is 4.79 Å². The van der Waals surface area contributed by atoms with E-state index in [-0.39, 0.29) is 5.92 Å². The van der Waals surface area contributed by atoms with Crippen LogP contribution >= 0.6 is 0 Å². The van der Waals surface area contributed by atoms with Gasteiger partial charge in [-0.15, -0.1) is 0 Å². The van der Waals surface area contributed by atoms with Crippen molar-refractivity contribution in [3.8, 4) is 0 Å². The second-order valence-corrected chi connectivity index (χ2v) is 5.00. The van der Waals surface area contributed by atoms with Gasteiger partial charge in [-0.1, -0.05) is 27.2 Å². The molecule has 1 unspecified atom stereocenters. The van der Waals surface area contributed by atoms with E-state index >= 15 is 0 Å². The third-order valence-electron chi connectivity index (χ3n) is 3.74. The predicted octanol–water partition coefficient (Wildman–Crippen LogP) is 2.22. The first kappa shape index (κ1) is 12.5. The summed E-state index contributed by atoms with van der Waals surface area (Å²) >= 11 is 0. The number of rotatable bonds is 5. The van der Waals surface area contributed by atoms with Crippen LogP contribution in [0.3, 0.4) is 0 Å². The summed E-state index contributed by atoms with van der Waals surface area (Å²) < 4.78 is 0. The molecule has 0 aromatic heterocycles. The number of hydrogen-bond donors (Lipinski definition) is 1. The summed E-state index contributed by atoms with van der Waals surface area (Å²) in [6.45, 7) is 8.96. The maximum absolute atomic E-state index is 11.4. The molecule has 0 aromatic carbocycles. The summed E-state index contributed by atoms with van der Waals surface area (Å²) in [6.07, 6.45) is 3.16. The molecule has 0 spiro atoms. The van der Waals surface area contributed by atoms with E-state index in [0.29, 0.717) is 0 Å². The summed E-state index contributed by atoms with van der Waals surface area (Å²) in [4.78, 5) is 13.7. The molecule has 1 aliphatic rings. The molecule has 3 nitrogen and oxygen atoms in total. The lowest BCUT2D eigenvalue weighted by atomic mass is 9.76. The van der Waals surface area contributed by atoms with E-state index in [1.807, 2.05) is 13.8 Å². The van der Waals surface area contributed by atoms with Crippen LogP contribution in [0.5, 0.6) is 0 Å². The zero-order valence-corrected chi connectivity index (χ0v) is 10.1. The number of aliphatic carboxylic acids is 1. The van der Waals surface area contributed by atoms with Gasteiger partial charge in [0.15, 0.2) is 0 Å². The normalized spacial score (nSPS) is 27.5. The molecule has 1 N–H and O–H groups in total. The first-order chi connectivity index (χ1) is 7.03. The molecule has 1 atom stereocenters. The second kappa shape index (κ2) is 4.97. The van der Waals surface area contributed by atoms with Crippen molar-refractivity contribution in [1.29, 1.82) is 0 Å². The summed E-state index contributed by atoms with van der Waals surface area (Å²) in [7, 11) is 0. The average molecular weight is 213 g/mol. The molecule has 1 aliphatic heterocycles. The molecule has 15 heavy (non-hydrogen) atoms. The lowest BCUT2D eigenvalue weighted by molar-refractivity contribution is -0.151. The average Bonchev–Trinajstić information content (AvgIpc) is 2.60. The van der Waals surface area contributed by atoms with Crippen molar-refractivity contribution >= 4 is 5.97 Å². The fraction of sp³-hybridized carbons (Fsp3) is 0.917. The minimum Gasteiger partial charge on any atom is -0.481 e. The molecular formula is C12H23NO2. The molecule has 0 bridgehead atoms. The fourth-order valence-electron chi connectivity index (χ4n) is 2.38. The van der Waals surface area contributed by atoms with Crippen molar-refractivity contribution in [2.75, 3.05) is 19.6 Å². The van der Waals surface area contributed by atoms with Crippen LogP contribution in [0.25, 0.3) is 0 Å². The highest BCUT2D eigenvalue weighted by Crippen LogP contribution is 2.38. The molecule has 1 rings (SSSR count). The summed E-state index contributed by atoms with van der Waals surface area (Å²) in [5.41, 5.74) is -0.492. The van der Waals surface area contributed by atoms with Gasteiger partial charge in [-0.2, -0.15) is 0 Å². The number of carboxylic acids is 1. The highest BCUT2D eigenvalue weighted by Gasteiger charge is 2.46. The number of hydrogen-bond acceptors (Lipinski definition) is 2. The van der Waals surface area contributed by atoms with E-state index in [1.165, 1.54) is 12.8 Å². The van der Waals surface area contributed by atoms with Crippen molar-refractivity contribution in [3.05, 3.63) is 0 Å². The van der Waals surface area contributed by atoms with Crippen molar-refractivity contribution < 1.29 is 9.90 Å². The highest BCUT2D eigenvalue weighted by atomic mass is 16.4. The summed E-state index contributed by atoms with van der Waals surface area (Å²) in [5, 5.41) is 9.35. The van der Waals surface area contributed by atoms with Crippen LogP contribution < -0.4 is 0 Å². The third-order valence-corrected chi connectivity index (χ3v) is 3.74. The molecule has 88 valence electrons. The largest absolute Gasteiger partial charge is 0.481 e. The molecule has 1 saturated heterocycles. The maximum atomic E-state index is 11.4. The Morgan fingerprint density at radius 3 is 2.60 bits per heavy atom. The number of likely N-dealkylation sites (tertiary alicyclic amines) is 1. The zero-order valence-electron chi connectivity index (χ0n) is 10.1. The van der Waals surface area contributed by atoms with E-state index in [4.69, 9.17) is 0 Å². The fourth-order valence-corrected chi connectivity index (χ4v) is 2.38. The Morgan fingerprint density at radius 1 is 1.53 bits per heavy atom. The quantitative estimate of drug-likeness (QED) is 0.761. The Morgan fingerprint density at radius 2 is 2.20 bits per heavy atom. The molecule has 0 amide bonds. The van der Waals surface area contributed by atoms with Crippen molar-refractivity contribution in [2.24, 2.45) is 11.3 Å². The van der Waals surface area contributed by atoms with E-state index in [2.05, 4.69) is 11.8 Å². The van der Waals surface area contributed by atoms with Gasteiger partial charge in [-0.05, 0) is 31.8 Å².